The second-order valence-corrected chi connectivity index (χ2v) is 7.01. The van der Waals surface area contributed by atoms with Crippen molar-refractivity contribution in [2.75, 3.05) is 26.2 Å². The van der Waals surface area contributed by atoms with Crippen molar-refractivity contribution >= 4 is 5.91 Å². The fourth-order valence-electron chi connectivity index (χ4n) is 3.75. The molecule has 0 aromatic heterocycles. The van der Waals surface area contributed by atoms with Gasteiger partial charge in [0.05, 0.1) is 0 Å². The van der Waals surface area contributed by atoms with Gasteiger partial charge in [0.15, 0.2) is 0 Å². The molecular formula is C16H31N3O. The zero-order valence-corrected chi connectivity index (χ0v) is 13.1. The van der Waals surface area contributed by atoms with E-state index in [1.807, 2.05) is 0 Å². The third kappa shape index (κ3) is 4.19. The van der Waals surface area contributed by atoms with Gasteiger partial charge >= 0.3 is 0 Å². The summed E-state index contributed by atoms with van der Waals surface area (Å²) in [6, 6.07) is 0.380. The summed E-state index contributed by atoms with van der Waals surface area (Å²) in [7, 11) is 0. The van der Waals surface area contributed by atoms with Crippen LogP contribution in [0.3, 0.4) is 0 Å². The quantitative estimate of drug-likeness (QED) is 0.805. The van der Waals surface area contributed by atoms with E-state index in [0.29, 0.717) is 18.5 Å². The Balaban J connectivity index is 1.73. The molecule has 4 heteroatoms. The summed E-state index contributed by atoms with van der Waals surface area (Å²) in [6.07, 6.45) is 5.51. The Morgan fingerprint density at radius 2 is 1.95 bits per heavy atom. The predicted octanol–water partition coefficient (Wildman–Crippen LogP) is 1.60. The van der Waals surface area contributed by atoms with Gasteiger partial charge in [0, 0.05) is 31.6 Å². The maximum Gasteiger partial charge on any atom is 0.223 e. The van der Waals surface area contributed by atoms with Gasteiger partial charge in [-0.1, -0.05) is 20.3 Å². The van der Waals surface area contributed by atoms with E-state index in [9.17, 15) is 4.79 Å². The molecule has 1 saturated heterocycles. The summed E-state index contributed by atoms with van der Waals surface area (Å²) >= 11 is 0. The van der Waals surface area contributed by atoms with Crippen molar-refractivity contribution in [3.05, 3.63) is 0 Å². The van der Waals surface area contributed by atoms with Gasteiger partial charge in [-0.05, 0) is 44.1 Å². The van der Waals surface area contributed by atoms with Crippen molar-refractivity contribution in [2.45, 2.75) is 52.0 Å². The van der Waals surface area contributed by atoms with Crippen LogP contribution in [0.5, 0.6) is 0 Å². The van der Waals surface area contributed by atoms with Crippen LogP contribution in [0, 0.1) is 17.8 Å². The molecule has 20 heavy (non-hydrogen) atoms. The number of nitrogens with zero attached hydrogens (tertiary/aromatic N) is 1. The number of amides is 1. The van der Waals surface area contributed by atoms with Gasteiger partial charge in [0.1, 0.15) is 0 Å². The monoisotopic (exact) mass is 281 g/mol. The third-order valence-electron chi connectivity index (χ3n) is 4.86. The molecule has 2 rings (SSSR count). The lowest BCUT2D eigenvalue weighted by atomic mass is 9.94. The number of nitrogens with one attached hydrogen (secondary N) is 1. The molecule has 116 valence electrons. The molecule has 4 nitrogen and oxygen atoms in total. The molecule has 0 unspecified atom stereocenters. The van der Waals surface area contributed by atoms with Crippen LogP contribution < -0.4 is 11.1 Å². The normalized spacial score (nSPS) is 29.0. The van der Waals surface area contributed by atoms with Crippen LogP contribution in [0.4, 0.5) is 0 Å². The second kappa shape index (κ2) is 7.41. The zero-order chi connectivity index (χ0) is 14.5. The molecule has 1 saturated carbocycles. The van der Waals surface area contributed by atoms with E-state index in [2.05, 4.69) is 24.1 Å². The lowest BCUT2D eigenvalue weighted by Crippen LogP contribution is -2.47. The molecule has 1 aliphatic carbocycles. The third-order valence-corrected chi connectivity index (χ3v) is 4.86. The van der Waals surface area contributed by atoms with E-state index in [1.165, 1.54) is 6.54 Å². The highest BCUT2D eigenvalue weighted by Crippen LogP contribution is 2.31. The Labute approximate surface area is 123 Å². The van der Waals surface area contributed by atoms with Crippen molar-refractivity contribution in [3.8, 4) is 0 Å². The Morgan fingerprint density at radius 1 is 1.25 bits per heavy atom. The molecule has 0 aromatic carbocycles. The van der Waals surface area contributed by atoms with Gasteiger partial charge in [0.25, 0.3) is 0 Å². The maximum atomic E-state index is 12.4. The van der Waals surface area contributed by atoms with Gasteiger partial charge in [0.2, 0.25) is 5.91 Å². The molecule has 1 aliphatic heterocycles. The summed E-state index contributed by atoms with van der Waals surface area (Å²) in [5.74, 6) is 1.58. The number of likely N-dealkylation sites (tertiary alicyclic amines) is 1. The van der Waals surface area contributed by atoms with Crippen LogP contribution in [0.15, 0.2) is 0 Å². The molecule has 0 radical (unpaired) electrons. The first-order chi connectivity index (χ1) is 9.60. The summed E-state index contributed by atoms with van der Waals surface area (Å²) < 4.78 is 0. The van der Waals surface area contributed by atoms with E-state index in [0.717, 1.165) is 51.1 Å². The Hall–Kier alpha value is -0.610. The van der Waals surface area contributed by atoms with Crippen molar-refractivity contribution in [3.63, 3.8) is 0 Å². The van der Waals surface area contributed by atoms with Crippen LogP contribution in [0.1, 0.15) is 46.0 Å². The van der Waals surface area contributed by atoms with Gasteiger partial charge in [-0.3, -0.25) is 4.79 Å². The minimum atomic E-state index is 0.175. The smallest absolute Gasteiger partial charge is 0.223 e. The molecule has 0 aromatic rings. The number of hydrogen-bond donors (Lipinski definition) is 2. The molecule has 0 bridgehead atoms. The van der Waals surface area contributed by atoms with Crippen LogP contribution in [0.2, 0.25) is 0 Å². The molecule has 3 N–H and O–H groups in total. The Bertz CT molecular complexity index is 311. The highest BCUT2D eigenvalue weighted by atomic mass is 16.2. The molecule has 0 spiro atoms. The summed E-state index contributed by atoms with van der Waals surface area (Å²) in [5.41, 5.74) is 5.77. The standard InChI is InChI=1S/C16H31N3O/c1-12(2)11-19-8-6-14(7-9-19)18-16(20)15-5-3-4-13(15)10-17/h12-15H,3-11,17H2,1-2H3,(H,18,20)/t13-,15-/m1/s1. The predicted molar refractivity (Wildman–Crippen MR) is 82.3 cm³/mol. The second-order valence-electron chi connectivity index (χ2n) is 7.01. The van der Waals surface area contributed by atoms with E-state index < -0.39 is 0 Å². The molecule has 1 heterocycles. The van der Waals surface area contributed by atoms with Crippen molar-refractivity contribution < 1.29 is 4.79 Å². The van der Waals surface area contributed by atoms with Crippen LogP contribution in [-0.2, 0) is 4.79 Å². The number of carbonyl (C=O) groups excluding carboxylic acids is 1. The van der Waals surface area contributed by atoms with E-state index in [-0.39, 0.29) is 11.8 Å². The van der Waals surface area contributed by atoms with Crippen LogP contribution in [0.25, 0.3) is 0 Å². The molecule has 2 aliphatic rings. The molecule has 2 atom stereocenters. The number of rotatable bonds is 5. The number of piperidine rings is 1. The topological polar surface area (TPSA) is 58.4 Å². The minimum absolute atomic E-state index is 0.175. The summed E-state index contributed by atoms with van der Waals surface area (Å²) in [5, 5.41) is 3.28. The van der Waals surface area contributed by atoms with Gasteiger partial charge in [-0.15, -0.1) is 0 Å². The highest BCUT2D eigenvalue weighted by molar-refractivity contribution is 5.79. The van der Waals surface area contributed by atoms with Crippen LogP contribution in [-0.4, -0.2) is 43.0 Å². The van der Waals surface area contributed by atoms with E-state index >= 15 is 0 Å². The first kappa shape index (κ1) is 15.8. The SMILES string of the molecule is CC(C)CN1CCC(NC(=O)[C@@H]2CCC[C@@H]2CN)CC1. The number of carbonyl (C=O) groups is 1. The first-order valence-electron chi connectivity index (χ1n) is 8.33. The van der Waals surface area contributed by atoms with E-state index in [4.69, 9.17) is 5.73 Å². The molecule has 2 fully saturated rings. The van der Waals surface area contributed by atoms with Crippen molar-refractivity contribution in [1.82, 2.24) is 10.2 Å². The number of nitrogens with two attached hydrogens (primary N) is 1. The lowest BCUT2D eigenvalue weighted by molar-refractivity contribution is -0.127. The highest BCUT2D eigenvalue weighted by Gasteiger charge is 2.33. The average molecular weight is 281 g/mol. The van der Waals surface area contributed by atoms with Crippen molar-refractivity contribution in [1.29, 1.82) is 0 Å². The minimum Gasteiger partial charge on any atom is -0.353 e. The van der Waals surface area contributed by atoms with Gasteiger partial charge in [-0.2, -0.15) is 0 Å². The van der Waals surface area contributed by atoms with Crippen LogP contribution >= 0.6 is 0 Å². The van der Waals surface area contributed by atoms with Gasteiger partial charge in [-0.25, -0.2) is 0 Å². The fraction of sp³-hybridized carbons (Fsp3) is 0.938. The lowest BCUT2D eigenvalue weighted by Gasteiger charge is -2.34. The fourth-order valence-corrected chi connectivity index (χ4v) is 3.75. The average Bonchev–Trinajstić information content (AvgIpc) is 2.89. The maximum absolute atomic E-state index is 12.4. The largest absolute Gasteiger partial charge is 0.353 e. The Morgan fingerprint density at radius 3 is 2.55 bits per heavy atom. The van der Waals surface area contributed by atoms with Gasteiger partial charge < -0.3 is 16.0 Å². The first-order valence-corrected chi connectivity index (χ1v) is 8.33. The summed E-state index contributed by atoms with van der Waals surface area (Å²) in [4.78, 5) is 14.9. The zero-order valence-electron chi connectivity index (χ0n) is 13.1. The van der Waals surface area contributed by atoms with Crippen molar-refractivity contribution in [2.24, 2.45) is 23.5 Å². The Kier molecular flexibility index (Phi) is 5.85. The summed E-state index contributed by atoms with van der Waals surface area (Å²) in [6.45, 7) is 8.60. The molecular weight excluding hydrogens is 250 g/mol. The molecule has 1 amide bonds. The number of hydrogen-bond acceptors (Lipinski definition) is 3. The van der Waals surface area contributed by atoms with E-state index in [1.54, 1.807) is 0 Å².